The molecule has 0 saturated heterocycles. The lowest BCUT2D eigenvalue weighted by Crippen LogP contribution is -2.22. The number of anilines is 1. The van der Waals surface area contributed by atoms with Crippen LogP contribution in [0.3, 0.4) is 0 Å². The number of nitrogens with zero attached hydrogens (tertiary/aromatic N) is 4. The molecule has 1 amide bonds. The fourth-order valence-electron chi connectivity index (χ4n) is 3.67. The molecule has 1 aromatic carbocycles. The highest BCUT2D eigenvalue weighted by Gasteiger charge is 2.29. The number of hydrogen-bond donors (Lipinski definition) is 1. The van der Waals surface area contributed by atoms with Gasteiger partial charge in [0.1, 0.15) is 17.5 Å². The second-order valence-electron chi connectivity index (χ2n) is 7.58. The molecular formula is C23H24FN5O. The van der Waals surface area contributed by atoms with Crippen molar-refractivity contribution in [2.24, 2.45) is 0 Å². The van der Waals surface area contributed by atoms with Crippen LogP contribution >= 0.6 is 0 Å². The summed E-state index contributed by atoms with van der Waals surface area (Å²) in [6.07, 6.45) is 5.89. The Bertz CT molecular complexity index is 1080. The first-order valence-electron chi connectivity index (χ1n) is 10.1. The predicted octanol–water partition coefficient (Wildman–Crippen LogP) is 4.06. The fraction of sp³-hybridized carbons (Fsp3) is 0.304. The topological polar surface area (TPSA) is 71.0 Å². The molecule has 0 bridgehead atoms. The summed E-state index contributed by atoms with van der Waals surface area (Å²) in [4.78, 5) is 27.6. The van der Waals surface area contributed by atoms with Crippen molar-refractivity contribution in [3.63, 3.8) is 0 Å². The molecule has 30 heavy (non-hydrogen) atoms. The van der Waals surface area contributed by atoms with Crippen LogP contribution in [0.2, 0.25) is 0 Å². The van der Waals surface area contributed by atoms with Crippen LogP contribution in [0.1, 0.15) is 58.3 Å². The fourth-order valence-corrected chi connectivity index (χ4v) is 3.67. The molecule has 0 radical (unpaired) electrons. The van der Waals surface area contributed by atoms with Crippen molar-refractivity contribution in [1.82, 2.24) is 19.9 Å². The molecule has 1 aliphatic rings. The first kappa shape index (κ1) is 19.9. The number of pyridine rings is 1. The Morgan fingerprint density at radius 1 is 1.17 bits per heavy atom. The maximum Gasteiger partial charge on any atom is 0.254 e. The monoisotopic (exact) mass is 405 g/mol. The van der Waals surface area contributed by atoms with E-state index in [4.69, 9.17) is 0 Å². The van der Waals surface area contributed by atoms with Gasteiger partial charge in [-0.1, -0.05) is 12.1 Å². The van der Waals surface area contributed by atoms with Gasteiger partial charge in [0, 0.05) is 42.7 Å². The van der Waals surface area contributed by atoms with Crippen LogP contribution in [0.15, 0.2) is 42.9 Å². The summed E-state index contributed by atoms with van der Waals surface area (Å²) in [5, 5.41) is 3.35. The molecule has 6 nitrogen and oxygen atoms in total. The summed E-state index contributed by atoms with van der Waals surface area (Å²) < 4.78 is 13.4. The summed E-state index contributed by atoms with van der Waals surface area (Å²) in [6.45, 7) is 6.92. The minimum Gasteiger partial charge on any atom is -0.360 e. The van der Waals surface area contributed by atoms with Gasteiger partial charge in [0.05, 0.1) is 12.6 Å². The average Bonchev–Trinajstić information content (AvgIpc) is 3.08. The van der Waals surface area contributed by atoms with Crippen LogP contribution in [-0.2, 0) is 13.0 Å². The highest BCUT2D eigenvalue weighted by atomic mass is 19.1. The van der Waals surface area contributed by atoms with Crippen LogP contribution in [-0.4, -0.2) is 32.3 Å². The van der Waals surface area contributed by atoms with Gasteiger partial charge in [0.2, 0.25) is 0 Å². The zero-order valence-corrected chi connectivity index (χ0v) is 17.3. The number of hydrogen-bond acceptors (Lipinski definition) is 5. The summed E-state index contributed by atoms with van der Waals surface area (Å²) in [5.41, 5.74) is 4.23. The normalized spacial score (nSPS) is 14.0. The number of carbonyl (C=O) groups is 1. The highest BCUT2D eigenvalue weighted by Crippen LogP contribution is 2.29. The smallest absolute Gasteiger partial charge is 0.254 e. The lowest BCUT2D eigenvalue weighted by Gasteiger charge is -2.16. The second kappa shape index (κ2) is 8.18. The average molecular weight is 405 g/mol. The second-order valence-corrected chi connectivity index (χ2v) is 7.58. The Labute approximate surface area is 175 Å². The van der Waals surface area contributed by atoms with Gasteiger partial charge in [-0.25, -0.2) is 19.3 Å². The number of benzene rings is 1. The Kier molecular flexibility index (Phi) is 5.44. The number of fused-ring (bicyclic) bond motifs is 1. The quantitative estimate of drug-likeness (QED) is 0.670. The van der Waals surface area contributed by atoms with Crippen LogP contribution in [0.4, 0.5) is 10.2 Å². The van der Waals surface area contributed by atoms with E-state index < -0.39 is 0 Å². The van der Waals surface area contributed by atoms with Gasteiger partial charge in [0.15, 0.2) is 0 Å². The predicted molar refractivity (Wildman–Crippen MR) is 113 cm³/mol. The van der Waals surface area contributed by atoms with E-state index in [2.05, 4.69) is 20.3 Å². The van der Waals surface area contributed by atoms with Crippen LogP contribution in [0.25, 0.3) is 0 Å². The molecule has 1 atom stereocenters. The molecule has 0 saturated carbocycles. The first-order valence-corrected chi connectivity index (χ1v) is 10.1. The number of carbonyl (C=O) groups excluding carboxylic acids is 1. The largest absolute Gasteiger partial charge is 0.360 e. The van der Waals surface area contributed by atoms with Crippen molar-refractivity contribution in [2.75, 3.05) is 11.9 Å². The maximum absolute atomic E-state index is 13.4. The standard InChI is InChI=1S/C23H24FN5O/c1-4-29-13-19-18(23(29)30)7-8-25-22(19)28-15(3)21-26-11-17(12-27-21)10-16-5-6-20(24)14(2)9-16/h5-9,11-12,15H,4,10,13H2,1-3H3,(H,25,28)/t15-/m0/s1. The van der Waals surface area contributed by atoms with Gasteiger partial charge in [-0.05, 0) is 49.6 Å². The molecule has 3 aromatic rings. The molecule has 0 fully saturated rings. The van der Waals surface area contributed by atoms with E-state index in [1.165, 1.54) is 6.07 Å². The van der Waals surface area contributed by atoms with E-state index in [0.29, 0.717) is 42.3 Å². The Hall–Kier alpha value is -3.35. The van der Waals surface area contributed by atoms with E-state index >= 15 is 0 Å². The van der Waals surface area contributed by atoms with Crippen LogP contribution in [0.5, 0.6) is 0 Å². The summed E-state index contributed by atoms with van der Waals surface area (Å²) in [7, 11) is 0. The molecular weight excluding hydrogens is 381 g/mol. The summed E-state index contributed by atoms with van der Waals surface area (Å²) in [6, 6.07) is 6.71. The number of aryl methyl sites for hydroxylation is 1. The van der Waals surface area contributed by atoms with Gasteiger partial charge in [-0.3, -0.25) is 4.79 Å². The molecule has 0 aliphatic carbocycles. The van der Waals surface area contributed by atoms with Crippen molar-refractivity contribution in [1.29, 1.82) is 0 Å². The number of amides is 1. The van der Waals surface area contributed by atoms with Crippen molar-refractivity contribution in [3.8, 4) is 0 Å². The minimum atomic E-state index is -0.199. The highest BCUT2D eigenvalue weighted by molar-refractivity contribution is 5.99. The molecule has 4 rings (SSSR count). The number of nitrogens with one attached hydrogen (secondary N) is 1. The van der Waals surface area contributed by atoms with Crippen molar-refractivity contribution in [3.05, 3.63) is 82.3 Å². The Morgan fingerprint density at radius 2 is 1.93 bits per heavy atom. The van der Waals surface area contributed by atoms with Gasteiger partial charge in [-0.2, -0.15) is 0 Å². The lowest BCUT2D eigenvalue weighted by atomic mass is 10.1. The molecule has 0 spiro atoms. The first-order chi connectivity index (χ1) is 14.5. The maximum atomic E-state index is 13.4. The van der Waals surface area contributed by atoms with Gasteiger partial charge >= 0.3 is 0 Å². The summed E-state index contributed by atoms with van der Waals surface area (Å²) in [5.74, 6) is 1.18. The number of halogens is 1. The molecule has 7 heteroatoms. The van der Waals surface area contributed by atoms with Crippen LogP contribution < -0.4 is 5.32 Å². The molecule has 1 N–H and O–H groups in total. The van der Waals surface area contributed by atoms with E-state index in [9.17, 15) is 9.18 Å². The third-order valence-corrected chi connectivity index (χ3v) is 5.40. The van der Waals surface area contributed by atoms with Gasteiger partial charge in [-0.15, -0.1) is 0 Å². The van der Waals surface area contributed by atoms with Crippen molar-refractivity contribution < 1.29 is 9.18 Å². The summed E-state index contributed by atoms with van der Waals surface area (Å²) >= 11 is 0. The molecule has 154 valence electrons. The van der Waals surface area contributed by atoms with E-state index in [-0.39, 0.29) is 17.8 Å². The Balaban J connectivity index is 1.47. The van der Waals surface area contributed by atoms with Crippen LogP contribution in [0, 0.1) is 12.7 Å². The van der Waals surface area contributed by atoms with Crippen molar-refractivity contribution >= 4 is 11.7 Å². The third-order valence-electron chi connectivity index (χ3n) is 5.40. The zero-order valence-electron chi connectivity index (χ0n) is 17.3. The third kappa shape index (κ3) is 3.87. The molecule has 3 heterocycles. The lowest BCUT2D eigenvalue weighted by molar-refractivity contribution is 0.0787. The number of aromatic nitrogens is 3. The minimum absolute atomic E-state index is 0.0437. The molecule has 1 aliphatic heterocycles. The van der Waals surface area contributed by atoms with E-state index in [0.717, 1.165) is 16.7 Å². The molecule has 2 aromatic heterocycles. The van der Waals surface area contributed by atoms with E-state index in [1.807, 2.05) is 19.9 Å². The molecule has 0 unspecified atom stereocenters. The number of rotatable bonds is 6. The van der Waals surface area contributed by atoms with Gasteiger partial charge < -0.3 is 10.2 Å². The van der Waals surface area contributed by atoms with Gasteiger partial charge in [0.25, 0.3) is 5.91 Å². The van der Waals surface area contributed by atoms with Crippen molar-refractivity contribution in [2.45, 2.75) is 39.8 Å². The SMILES string of the molecule is CCN1Cc2c(ccnc2N[C@@H](C)c2ncc(Cc3ccc(F)c(C)c3)cn2)C1=O. The zero-order chi connectivity index (χ0) is 21.3. The van der Waals surface area contributed by atoms with E-state index in [1.54, 1.807) is 42.5 Å². The Morgan fingerprint density at radius 3 is 2.63 bits per heavy atom.